The predicted molar refractivity (Wildman–Crippen MR) is 116 cm³/mol. The molecule has 2 fully saturated rings. The molecule has 8 heteroatoms. The number of H-pyrrole nitrogens is 1. The number of nitrogens with zero attached hydrogens (tertiary/aromatic N) is 6. The van der Waals surface area contributed by atoms with Crippen LogP contribution in [0.5, 0.6) is 0 Å². The number of hydrogen-bond donors (Lipinski definition) is 1. The number of aryl methyl sites for hydroxylation is 1. The van der Waals surface area contributed by atoms with E-state index in [1.807, 2.05) is 29.8 Å². The lowest BCUT2D eigenvalue weighted by Gasteiger charge is -2.37. The molecule has 0 amide bonds. The second kappa shape index (κ2) is 7.92. The molecule has 2 aromatic heterocycles. The highest BCUT2D eigenvalue weighted by Crippen LogP contribution is 2.34. The molecule has 3 heterocycles. The molecule has 0 radical (unpaired) electrons. The first-order chi connectivity index (χ1) is 14.6. The van der Waals surface area contributed by atoms with Crippen LogP contribution < -0.4 is 5.56 Å². The number of tetrazole rings is 1. The van der Waals surface area contributed by atoms with E-state index in [-0.39, 0.29) is 11.6 Å². The standard InChI is InChI=1S/C22H29N7O/c1-15-6-5-7-16-14-18(22(30)23-19(15)16)20(28-12-10-27(2)11-13-28)21-24-25-26-29(21)17-8-3-4-9-17/h5-7,14,17,20H,3-4,8-13H2,1-2H3,(H,23,30)/t20-/m1/s1. The van der Waals surface area contributed by atoms with Crippen LogP contribution in [0.15, 0.2) is 29.1 Å². The van der Waals surface area contributed by atoms with Crippen LogP contribution in [0.4, 0.5) is 0 Å². The van der Waals surface area contributed by atoms with Crippen LogP contribution in [0.3, 0.4) is 0 Å². The van der Waals surface area contributed by atoms with E-state index in [0.717, 1.165) is 66.9 Å². The number of nitrogens with one attached hydrogen (secondary N) is 1. The molecule has 1 aromatic carbocycles. The van der Waals surface area contributed by atoms with Crippen LogP contribution in [0.25, 0.3) is 10.9 Å². The summed E-state index contributed by atoms with van der Waals surface area (Å²) in [5, 5.41) is 13.9. The second-order valence-corrected chi connectivity index (χ2v) is 8.75. The maximum Gasteiger partial charge on any atom is 0.253 e. The van der Waals surface area contributed by atoms with Gasteiger partial charge in [-0.05, 0) is 54.3 Å². The Hall–Kier alpha value is -2.58. The van der Waals surface area contributed by atoms with Crippen LogP contribution in [-0.4, -0.2) is 68.2 Å². The first kappa shape index (κ1) is 19.4. The third-order valence-electron chi connectivity index (χ3n) is 6.75. The van der Waals surface area contributed by atoms with E-state index in [1.165, 1.54) is 12.8 Å². The van der Waals surface area contributed by atoms with Crippen LogP contribution in [0.1, 0.15) is 54.7 Å². The van der Waals surface area contributed by atoms with Crippen molar-refractivity contribution >= 4 is 10.9 Å². The summed E-state index contributed by atoms with van der Waals surface area (Å²) in [6, 6.07) is 8.24. The number of rotatable bonds is 4. The minimum absolute atomic E-state index is 0.0540. The fourth-order valence-corrected chi connectivity index (χ4v) is 4.97. The zero-order valence-electron chi connectivity index (χ0n) is 17.7. The Morgan fingerprint density at radius 3 is 2.67 bits per heavy atom. The van der Waals surface area contributed by atoms with Crippen molar-refractivity contribution < 1.29 is 0 Å². The molecule has 1 saturated heterocycles. The smallest absolute Gasteiger partial charge is 0.253 e. The van der Waals surface area contributed by atoms with Crippen molar-refractivity contribution in [3.05, 3.63) is 51.6 Å². The Labute approximate surface area is 175 Å². The van der Waals surface area contributed by atoms with Gasteiger partial charge in [0.15, 0.2) is 5.82 Å². The van der Waals surface area contributed by atoms with Crippen LogP contribution >= 0.6 is 0 Å². The van der Waals surface area contributed by atoms with Crippen LogP contribution in [0.2, 0.25) is 0 Å². The number of fused-ring (bicyclic) bond motifs is 1. The summed E-state index contributed by atoms with van der Waals surface area (Å²) in [5.41, 5.74) is 2.65. The maximum absolute atomic E-state index is 13.3. The van der Waals surface area contributed by atoms with E-state index in [2.05, 4.69) is 43.4 Å². The molecule has 5 rings (SSSR count). The Balaban J connectivity index is 1.64. The molecule has 1 aliphatic heterocycles. The first-order valence-corrected chi connectivity index (χ1v) is 10.9. The summed E-state index contributed by atoms with van der Waals surface area (Å²) in [6.07, 6.45) is 4.61. The monoisotopic (exact) mass is 407 g/mol. The largest absolute Gasteiger partial charge is 0.321 e. The van der Waals surface area contributed by atoms with Crippen molar-refractivity contribution in [1.29, 1.82) is 0 Å². The number of benzene rings is 1. The lowest BCUT2D eigenvalue weighted by atomic mass is 10.0. The van der Waals surface area contributed by atoms with Crippen molar-refractivity contribution in [2.24, 2.45) is 0 Å². The number of likely N-dealkylation sites (N-methyl/N-ethyl adjacent to an activating group) is 1. The van der Waals surface area contributed by atoms with Gasteiger partial charge in [-0.2, -0.15) is 0 Å². The summed E-state index contributed by atoms with van der Waals surface area (Å²) in [6.45, 7) is 5.71. The third-order valence-corrected chi connectivity index (χ3v) is 6.75. The van der Waals surface area contributed by atoms with Gasteiger partial charge < -0.3 is 9.88 Å². The number of hydrogen-bond acceptors (Lipinski definition) is 6. The highest BCUT2D eigenvalue weighted by molar-refractivity contribution is 5.82. The molecular formula is C22H29N7O. The van der Waals surface area contributed by atoms with E-state index in [9.17, 15) is 4.79 Å². The maximum atomic E-state index is 13.3. The van der Waals surface area contributed by atoms with Crippen molar-refractivity contribution in [2.45, 2.75) is 44.7 Å². The van der Waals surface area contributed by atoms with E-state index in [4.69, 9.17) is 0 Å². The normalized spacial score (nSPS) is 20.2. The van der Waals surface area contributed by atoms with Crippen molar-refractivity contribution in [3.63, 3.8) is 0 Å². The zero-order chi connectivity index (χ0) is 20.7. The molecule has 8 nitrogen and oxygen atoms in total. The fourth-order valence-electron chi connectivity index (χ4n) is 4.97. The summed E-state index contributed by atoms with van der Waals surface area (Å²) >= 11 is 0. The molecule has 0 unspecified atom stereocenters. The molecule has 0 bridgehead atoms. The molecule has 1 aliphatic carbocycles. The van der Waals surface area contributed by atoms with Gasteiger partial charge in [0.1, 0.15) is 6.04 Å². The Morgan fingerprint density at radius 1 is 1.13 bits per heavy atom. The van der Waals surface area contributed by atoms with Crippen LogP contribution in [0, 0.1) is 6.92 Å². The average Bonchev–Trinajstić information content (AvgIpc) is 3.43. The summed E-state index contributed by atoms with van der Waals surface area (Å²) < 4.78 is 2.00. The number of aromatic nitrogens is 5. The molecule has 2 aliphatic rings. The lowest BCUT2D eigenvalue weighted by molar-refractivity contribution is 0.120. The molecule has 1 saturated carbocycles. The number of para-hydroxylation sites is 1. The number of aromatic amines is 1. The van der Waals surface area contributed by atoms with Gasteiger partial charge in [0.05, 0.1) is 11.6 Å². The van der Waals surface area contributed by atoms with Gasteiger partial charge in [-0.15, -0.1) is 5.10 Å². The van der Waals surface area contributed by atoms with Crippen molar-refractivity contribution in [3.8, 4) is 0 Å². The van der Waals surface area contributed by atoms with Gasteiger partial charge in [-0.3, -0.25) is 9.69 Å². The Bertz CT molecular complexity index is 1090. The molecule has 0 spiro atoms. The molecule has 1 atom stereocenters. The average molecular weight is 408 g/mol. The van der Waals surface area contributed by atoms with Gasteiger partial charge >= 0.3 is 0 Å². The highest BCUT2D eigenvalue weighted by Gasteiger charge is 2.34. The SMILES string of the molecule is Cc1cccc2cc([C@H](c3nnnn3C3CCCC3)N3CCN(C)CC3)c(=O)[nH]c12. The summed E-state index contributed by atoms with van der Waals surface area (Å²) in [5.74, 6) is 0.795. The fraction of sp³-hybridized carbons (Fsp3) is 0.545. The van der Waals surface area contributed by atoms with E-state index in [0.29, 0.717) is 6.04 Å². The van der Waals surface area contributed by atoms with Gasteiger partial charge in [-0.1, -0.05) is 31.0 Å². The highest BCUT2D eigenvalue weighted by atomic mass is 16.1. The molecule has 30 heavy (non-hydrogen) atoms. The minimum atomic E-state index is -0.247. The van der Waals surface area contributed by atoms with Gasteiger partial charge in [0.25, 0.3) is 5.56 Å². The van der Waals surface area contributed by atoms with Gasteiger partial charge in [-0.25, -0.2) is 4.68 Å². The lowest BCUT2D eigenvalue weighted by Crippen LogP contribution is -2.47. The van der Waals surface area contributed by atoms with Gasteiger partial charge in [0, 0.05) is 31.7 Å². The van der Waals surface area contributed by atoms with Gasteiger partial charge in [0.2, 0.25) is 0 Å². The van der Waals surface area contributed by atoms with E-state index >= 15 is 0 Å². The predicted octanol–water partition coefficient (Wildman–Crippen LogP) is 2.27. The Kier molecular flexibility index (Phi) is 5.12. The van der Waals surface area contributed by atoms with E-state index < -0.39 is 0 Å². The molecule has 1 N–H and O–H groups in total. The third kappa shape index (κ3) is 3.44. The number of pyridine rings is 1. The van der Waals surface area contributed by atoms with Crippen molar-refractivity contribution in [1.82, 2.24) is 35.0 Å². The first-order valence-electron chi connectivity index (χ1n) is 10.9. The zero-order valence-corrected chi connectivity index (χ0v) is 17.7. The molecule has 158 valence electrons. The van der Waals surface area contributed by atoms with Crippen molar-refractivity contribution in [2.75, 3.05) is 33.2 Å². The van der Waals surface area contributed by atoms with Crippen LogP contribution in [-0.2, 0) is 0 Å². The topological polar surface area (TPSA) is 82.9 Å². The summed E-state index contributed by atoms with van der Waals surface area (Å²) in [7, 11) is 2.14. The van der Waals surface area contributed by atoms with E-state index in [1.54, 1.807) is 0 Å². The Morgan fingerprint density at radius 2 is 1.90 bits per heavy atom. The second-order valence-electron chi connectivity index (χ2n) is 8.75. The molecule has 3 aromatic rings. The summed E-state index contributed by atoms with van der Waals surface area (Å²) in [4.78, 5) is 21.1. The number of piperazine rings is 1. The minimum Gasteiger partial charge on any atom is -0.321 e. The quantitative estimate of drug-likeness (QED) is 0.714. The molecular weight excluding hydrogens is 378 g/mol.